The quantitative estimate of drug-likeness (QED) is 0.690. The molecule has 0 amide bonds. The molecule has 0 fully saturated rings. The van der Waals surface area contributed by atoms with Crippen molar-refractivity contribution in [3.63, 3.8) is 0 Å². The Balaban J connectivity index is 1.71. The molecule has 3 aromatic rings. The lowest BCUT2D eigenvalue weighted by atomic mass is 10.1. The molecule has 0 aliphatic carbocycles. The van der Waals surface area contributed by atoms with Crippen molar-refractivity contribution in [1.29, 1.82) is 0 Å². The lowest BCUT2D eigenvalue weighted by molar-refractivity contribution is -0.140. The van der Waals surface area contributed by atoms with Crippen LogP contribution in [0.15, 0.2) is 48.9 Å². The maximum absolute atomic E-state index is 11.2. The Morgan fingerprint density at radius 2 is 1.96 bits per heavy atom. The Labute approximate surface area is 145 Å². The summed E-state index contributed by atoms with van der Waals surface area (Å²) in [5, 5.41) is 8.52. The van der Waals surface area contributed by atoms with Gasteiger partial charge in [0.2, 0.25) is 0 Å². The molecule has 0 spiro atoms. The minimum atomic E-state index is -0.251. The molecule has 2 aromatic heterocycles. The molecule has 3 rings (SSSR count). The number of esters is 1. The van der Waals surface area contributed by atoms with Crippen LogP contribution in [0.2, 0.25) is 0 Å². The van der Waals surface area contributed by atoms with Gasteiger partial charge in [-0.2, -0.15) is 0 Å². The first-order valence-electron chi connectivity index (χ1n) is 7.93. The highest BCUT2D eigenvalue weighted by Crippen LogP contribution is 2.18. The Kier molecular flexibility index (Phi) is 5.15. The van der Waals surface area contributed by atoms with Crippen molar-refractivity contribution in [3.8, 4) is 17.1 Å². The van der Waals surface area contributed by atoms with E-state index in [0.717, 1.165) is 22.5 Å². The van der Waals surface area contributed by atoms with Gasteiger partial charge in [0.05, 0.1) is 24.9 Å². The van der Waals surface area contributed by atoms with Gasteiger partial charge in [-0.1, -0.05) is 24.3 Å². The summed E-state index contributed by atoms with van der Waals surface area (Å²) in [6.45, 7) is 0.518. The highest BCUT2D eigenvalue weighted by molar-refractivity contribution is 5.69. The second-order valence-corrected chi connectivity index (χ2v) is 5.53. The Bertz CT molecular complexity index is 841. The van der Waals surface area contributed by atoms with E-state index in [1.807, 2.05) is 42.6 Å². The monoisotopic (exact) mass is 337 g/mol. The highest BCUT2D eigenvalue weighted by atomic mass is 16.5. The maximum Gasteiger partial charge on any atom is 0.305 e. The number of aryl methyl sites for hydroxylation is 1. The van der Waals surface area contributed by atoms with Crippen LogP contribution in [0.5, 0.6) is 0 Å². The van der Waals surface area contributed by atoms with Gasteiger partial charge in [0.15, 0.2) is 5.82 Å². The summed E-state index contributed by atoms with van der Waals surface area (Å²) < 4.78 is 6.41. The van der Waals surface area contributed by atoms with Crippen molar-refractivity contribution in [3.05, 3.63) is 60.2 Å². The highest BCUT2D eigenvalue weighted by Gasteiger charge is 2.07. The van der Waals surface area contributed by atoms with Crippen LogP contribution in [0, 0.1) is 0 Å². The molecule has 25 heavy (non-hydrogen) atoms. The van der Waals surface area contributed by atoms with Gasteiger partial charge in [0.25, 0.3) is 0 Å². The Morgan fingerprint density at radius 3 is 2.60 bits per heavy atom. The molecule has 1 aromatic carbocycles. The van der Waals surface area contributed by atoms with E-state index in [0.29, 0.717) is 25.2 Å². The third-order valence-corrected chi connectivity index (χ3v) is 3.85. The van der Waals surface area contributed by atoms with Crippen molar-refractivity contribution in [1.82, 2.24) is 19.7 Å². The van der Waals surface area contributed by atoms with Crippen LogP contribution in [0.3, 0.4) is 0 Å². The van der Waals surface area contributed by atoms with E-state index >= 15 is 0 Å². The maximum atomic E-state index is 11.2. The fraction of sp³-hybridized carbons (Fsp3) is 0.222. The molecular weight excluding hydrogens is 318 g/mol. The van der Waals surface area contributed by atoms with Crippen LogP contribution in [0.4, 0.5) is 0 Å². The van der Waals surface area contributed by atoms with Crippen molar-refractivity contribution < 1.29 is 9.53 Å². The summed E-state index contributed by atoms with van der Waals surface area (Å²) in [7, 11) is 1.38. The average molecular weight is 337 g/mol. The minimum absolute atomic E-state index is 0.251. The van der Waals surface area contributed by atoms with Gasteiger partial charge < -0.3 is 10.5 Å². The van der Waals surface area contributed by atoms with Gasteiger partial charge in [0.1, 0.15) is 6.33 Å². The van der Waals surface area contributed by atoms with Gasteiger partial charge in [-0.05, 0) is 17.7 Å². The zero-order valence-corrected chi connectivity index (χ0v) is 13.9. The fourth-order valence-electron chi connectivity index (χ4n) is 2.38. The summed E-state index contributed by atoms with van der Waals surface area (Å²) in [6.07, 6.45) is 4.32. The Morgan fingerprint density at radius 1 is 1.16 bits per heavy atom. The first kappa shape index (κ1) is 16.8. The van der Waals surface area contributed by atoms with Crippen LogP contribution < -0.4 is 5.73 Å². The number of nitrogens with two attached hydrogens (primary N) is 1. The van der Waals surface area contributed by atoms with Gasteiger partial charge in [-0.3, -0.25) is 9.36 Å². The number of carbonyl (C=O) groups excluding carboxylic acids is 1. The molecule has 0 saturated carbocycles. The summed E-state index contributed by atoms with van der Waals surface area (Å²) in [6, 6.07) is 11.7. The van der Waals surface area contributed by atoms with E-state index in [-0.39, 0.29) is 5.97 Å². The number of aromatic nitrogens is 4. The number of imidazole rings is 1. The largest absolute Gasteiger partial charge is 0.469 e. The number of hydrogen-bond donors (Lipinski definition) is 1. The first-order chi connectivity index (χ1) is 12.2. The first-order valence-corrected chi connectivity index (χ1v) is 7.93. The molecule has 7 heteroatoms. The van der Waals surface area contributed by atoms with Crippen molar-refractivity contribution in [2.75, 3.05) is 7.11 Å². The minimum Gasteiger partial charge on any atom is -0.469 e. The van der Waals surface area contributed by atoms with E-state index in [2.05, 4.69) is 19.9 Å². The second-order valence-electron chi connectivity index (χ2n) is 5.53. The number of methoxy groups -OCH3 is 1. The van der Waals surface area contributed by atoms with Crippen LogP contribution in [-0.2, 0) is 22.5 Å². The average Bonchev–Trinajstić information content (AvgIpc) is 3.15. The predicted molar refractivity (Wildman–Crippen MR) is 92.8 cm³/mol. The van der Waals surface area contributed by atoms with E-state index in [4.69, 9.17) is 5.73 Å². The zero-order chi connectivity index (χ0) is 17.6. The van der Waals surface area contributed by atoms with Gasteiger partial charge in [-0.15, -0.1) is 10.2 Å². The van der Waals surface area contributed by atoms with Crippen LogP contribution in [0.25, 0.3) is 17.1 Å². The summed E-state index contributed by atoms with van der Waals surface area (Å²) in [5.41, 5.74) is 9.26. The molecule has 0 unspecified atom stereocenters. The number of ether oxygens (including phenoxy) is 1. The smallest absolute Gasteiger partial charge is 0.305 e. The van der Waals surface area contributed by atoms with E-state index < -0.39 is 0 Å². The van der Waals surface area contributed by atoms with E-state index in [9.17, 15) is 4.79 Å². The lowest BCUT2D eigenvalue weighted by Gasteiger charge is -2.04. The molecule has 0 atom stereocenters. The summed E-state index contributed by atoms with van der Waals surface area (Å²) in [5.74, 6) is 0.415. The number of rotatable bonds is 6. The third-order valence-electron chi connectivity index (χ3n) is 3.85. The summed E-state index contributed by atoms with van der Waals surface area (Å²) >= 11 is 0. The molecule has 0 aliphatic heterocycles. The molecule has 0 radical (unpaired) electrons. The summed E-state index contributed by atoms with van der Waals surface area (Å²) in [4.78, 5) is 15.5. The normalized spacial score (nSPS) is 10.6. The Hall–Kier alpha value is -3.06. The molecular formula is C18H19N5O2. The molecule has 0 saturated heterocycles. The number of hydrogen-bond acceptors (Lipinski definition) is 6. The third kappa shape index (κ3) is 4.07. The van der Waals surface area contributed by atoms with Gasteiger partial charge in [-0.25, -0.2) is 4.98 Å². The van der Waals surface area contributed by atoms with Gasteiger partial charge >= 0.3 is 5.97 Å². The van der Waals surface area contributed by atoms with Crippen LogP contribution in [0.1, 0.15) is 17.7 Å². The predicted octanol–water partition coefficient (Wildman–Crippen LogP) is 1.89. The molecule has 2 N–H and O–H groups in total. The van der Waals surface area contributed by atoms with Crippen LogP contribution in [-0.4, -0.2) is 32.8 Å². The number of benzene rings is 1. The second kappa shape index (κ2) is 7.67. The fourth-order valence-corrected chi connectivity index (χ4v) is 2.38. The van der Waals surface area contributed by atoms with Crippen molar-refractivity contribution in [2.45, 2.75) is 19.4 Å². The molecule has 0 bridgehead atoms. The standard InChI is InChI=1S/C18H19N5O2/c1-25-18(24)9-6-15-11-23(12-20-15)17-8-7-16(21-22-17)14-4-2-13(10-19)3-5-14/h2-5,7-8,11-12H,6,9-10,19H2,1H3. The van der Waals surface area contributed by atoms with E-state index in [1.165, 1.54) is 7.11 Å². The van der Waals surface area contributed by atoms with Crippen molar-refractivity contribution in [2.24, 2.45) is 5.73 Å². The molecule has 7 nitrogen and oxygen atoms in total. The number of carbonyl (C=O) groups is 1. The number of nitrogens with zero attached hydrogens (tertiary/aromatic N) is 4. The molecule has 128 valence electrons. The zero-order valence-electron chi connectivity index (χ0n) is 13.9. The van der Waals surface area contributed by atoms with E-state index in [1.54, 1.807) is 10.9 Å². The van der Waals surface area contributed by atoms with Crippen LogP contribution >= 0.6 is 0 Å². The SMILES string of the molecule is COC(=O)CCc1cn(-c2ccc(-c3ccc(CN)cc3)nn2)cn1. The molecule has 0 aliphatic rings. The van der Waals surface area contributed by atoms with Crippen molar-refractivity contribution >= 4 is 5.97 Å². The lowest BCUT2D eigenvalue weighted by Crippen LogP contribution is -2.02. The molecule has 2 heterocycles. The topological polar surface area (TPSA) is 95.9 Å². The van der Waals surface area contributed by atoms with Gasteiger partial charge in [0, 0.05) is 24.7 Å².